The van der Waals surface area contributed by atoms with Gasteiger partial charge in [-0.3, -0.25) is 4.79 Å². The number of hydrogen-bond acceptors (Lipinski definition) is 9. The number of aliphatic carboxylic acids is 1. The van der Waals surface area contributed by atoms with Crippen molar-refractivity contribution >= 4 is 52.2 Å². The number of carbonyl (C=O) groups is 2. The highest BCUT2D eigenvalue weighted by atomic mass is 35.5. The topological polar surface area (TPSA) is 155 Å². The van der Waals surface area contributed by atoms with Crippen molar-refractivity contribution in [1.82, 2.24) is 24.6 Å². The van der Waals surface area contributed by atoms with Crippen molar-refractivity contribution in [3.8, 4) is 28.5 Å². The molecule has 4 bridgehead atoms. The maximum atomic E-state index is 14.0. The number of allylic oxidation sites excluding steroid dienone is 1. The van der Waals surface area contributed by atoms with Crippen LogP contribution in [0.25, 0.3) is 34.1 Å². The Balaban J connectivity index is 0.922. The molecule has 3 aromatic carbocycles. The van der Waals surface area contributed by atoms with E-state index >= 15 is 0 Å². The van der Waals surface area contributed by atoms with Gasteiger partial charge in [0.15, 0.2) is 5.65 Å². The fraction of sp³-hybridized carbons (Fsp3) is 0.340. The van der Waals surface area contributed by atoms with Crippen LogP contribution in [0.15, 0.2) is 96.9 Å². The Hall–Kier alpha value is -6.14. The molecule has 60 heavy (non-hydrogen) atoms. The van der Waals surface area contributed by atoms with Crippen LogP contribution >= 0.6 is 11.6 Å². The van der Waals surface area contributed by atoms with E-state index in [1.165, 1.54) is 50.1 Å². The lowest BCUT2D eigenvalue weighted by molar-refractivity contribution is -0.131. The van der Waals surface area contributed by atoms with Crippen molar-refractivity contribution in [2.24, 2.45) is 23.7 Å². The predicted octanol–water partition coefficient (Wildman–Crippen LogP) is 9.23. The molecule has 1 amide bonds. The molecule has 10 rings (SSSR count). The van der Waals surface area contributed by atoms with Crippen LogP contribution in [-0.2, 0) is 14.3 Å². The van der Waals surface area contributed by atoms with Crippen molar-refractivity contribution in [3.63, 3.8) is 0 Å². The van der Waals surface area contributed by atoms with Crippen LogP contribution in [0.5, 0.6) is 17.2 Å². The molecule has 3 N–H and O–H groups in total. The summed E-state index contributed by atoms with van der Waals surface area (Å²) in [7, 11) is 1.69. The van der Waals surface area contributed by atoms with Crippen LogP contribution in [0.1, 0.15) is 62.1 Å². The standard InChI is InChI=1S/C47H47ClN6O6/c1-27(25-59-43-31(12-15-39(55)56)22-34(23-38(43)48)44(58-2)40-32-18-28-17-29(20-32)21-33(40)19-28)47(57)53-16-6-7-35(24-53)54-46-41(45(49)50-26-51-46)42(52-54)30-10-13-37(14-11-30)60-36-8-4-3-5-9-36/h3-5,8-15,22-23,26,28-29,32-33,35H,1,6-7,16-21,24-25H2,2H3,(H,55,56)(H2,49,50,51)/b15-12+,44-40?/t28?,29?,32-,33-,35-/m1/s1. The Labute approximate surface area is 353 Å². The first-order valence-electron chi connectivity index (χ1n) is 20.6. The Morgan fingerprint density at radius 1 is 0.983 bits per heavy atom. The Kier molecular flexibility index (Phi) is 10.8. The molecular formula is C47H47ClN6O6. The van der Waals surface area contributed by atoms with Gasteiger partial charge in [-0.2, -0.15) is 5.10 Å². The number of para-hydroxylation sites is 1. The van der Waals surface area contributed by atoms with Crippen molar-refractivity contribution in [3.05, 3.63) is 113 Å². The fourth-order valence-corrected chi connectivity index (χ4v) is 10.5. The number of nitrogen functional groups attached to an aromatic ring is 1. The number of nitrogens with zero attached hydrogens (tertiary/aromatic N) is 5. The van der Waals surface area contributed by atoms with Gasteiger partial charge >= 0.3 is 5.97 Å². The van der Waals surface area contributed by atoms with Crippen LogP contribution in [-0.4, -0.2) is 68.4 Å². The molecule has 13 heteroatoms. The molecule has 3 heterocycles. The lowest BCUT2D eigenvalue weighted by Gasteiger charge is -2.51. The Morgan fingerprint density at radius 2 is 1.70 bits per heavy atom. The van der Waals surface area contributed by atoms with E-state index in [-0.39, 0.29) is 34.9 Å². The maximum Gasteiger partial charge on any atom is 0.328 e. The van der Waals surface area contributed by atoms with Crippen molar-refractivity contribution in [2.75, 3.05) is 32.5 Å². The molecule has 0 radical (unpaired) electrons. The van der Waals surface area contributed by atoms with Crippen LogP contribution in [0.3, 0.4) is 0 Å². The number of nitrogens with two attached hydrogens (primary N) is 1. The molecule has 0 spiro atoms. The second-order valence-corrected chi connectivity index (χ2v) is 16.9. The molecule has 12 nitrogen and oxygen atoms in total. The number of rotatable bonds is 12. The molecule has 1 saturated heterocycles. The minimum Gasteiger partial charge on any atom is -0.496 e. The largest absolute Gasteiger partial charge is 0.496 e. The normalized spacial score (nSPS) is 22.0. The summed E-state index contributed by atoms with van der Waals surface area (Å²) in [6.07, 6.45) is 11.5. The number of amides is 1. The quantitative estimate of drug-likeness (QED) is 0.0919. The second-order valence-electron chi connectivity index (χ2n) is 16.5. The monoisotopic (exact) mass is 826 g/mol. The number of carbonyl (C=O) groups excluding carboxylic acids is 1. The number of benzene rings is 3. The zero-order valence-corrected chi connectivity index (χ0v) is 34.2. The van der Waals surface area contributed by atoms with E-state index in [1.54, 1.807) is 12.0 Å². The third-order valence-electron chi connectivity index (χ3n) is 12.6. The molecule has 4 aliphatic carbocycles. The minimum atomic E-state index is -1.11. The first-order chi connectivity index (χ1) is 29.1. The SMILES string of the molecule is C=C(COc1c(Cl)cc(C(OC)=C2[C@H]3CC4CC(C3)C[C@@H]2C4)cc1/C=C/C(=O)O)C(=O)N1CCC[C@@H](n2nc(-c3ccc(Oc4ccccc4)cc3)c3c(N)ncnc32)C1. The summed E-state index contributed by atoms with van der Waals surface area (Å²) in [4.78, 5) is 36.3. The van der Waals surface area contributed by atoms with Gasteiger partial charge in [-0.25, -0.2) is 19.4 Å². The Bertz CT molecular complexity index is 2500. The number of methoxy groups -OCH3 is 1. The molecular weight excluding hydrogens is 780 g/mol. The first-order valence-corrected chi connectivity index (χ1v) is 21.0. The van der Waals surface area contributed by atoms with Gasteiger partial charge in [-0.05, 0) is 129 Å². The minimum absolute atomic E-state index is 0.152. The van der Waals surface area contributed by atoms with Crippen LogP contribution in [0.2, 0.25) is 5.02 Å². The van der Waals surface area contributed by atoms with E-state index in [2.05, 4.69) is 16.5 Å². The number of piperidine rings is 1. The first kappa shape index (κ1) is 39.3. The van der Waals surface area contributed by atoms with Gasteiger partial charge in [0.25, 0.3) is 5.91 Å². The van der Waals surface area contributed by atoms with Crippen molar-refractivity contribution in [2.45, 2.75) is 51.0 Å². The summed E-state index contributed by atoms with van der Waals surface area (Å²) in [6.45, 7) is 4.85. The highest BCUT2D eigenvalue weighted by molar-refractivity contribution is 6.32. The number of halogens is 1. The van der Waals surface area contributed by atoms with Crippen LogP contribution < -0.4 is 15.2 Å². The van der Waals surface area contributed by atoms with E-state index in [0.717, 1.165) is 53.4 Å². The van der Waals surface area contributed by atoms with Gasteiger partial charge < -0.3 is 30.0 Å². The third-order valence-corrected chi connectivity index (χ3v) is 12.9. The number of aromatic nitrogens is 4. The molecule has 4 saturated carbocycles. The van der Waals surface area contributed by atoms with Gasteiger partial charge in [0.2, 0.25) is 0 Å². The molecule has 5 aliphatic rings. The molecule has 1 atom stereocenters. The summed E-state index contributed by atoms with van der Waals surface area (Å²) < 4.78 is 20.2. The van der Waals surface area contributed by atoms with Gasteiger partial charge in [0.05, 0.1) is 23.6 Å². The third kappa shape index (κ3) is 7.72. The molecule has 5 aromatic rings. The second kappa shape index (κ2) is 16.5. The number of fused-ring (bicyclic) bond motifs is 1. The highest BCUT2D eigenvalue weighted by Gasteiger charge is 2.47. The van der Waals surface area contributed by atoms with Crippen molar-refractivity contribution in [1.29, 1.82) is 0 Å². The molecule has 1 aliphatic heterocycles. The fourth-order valence-electron chi connectivity index (χ4n) is 10.2. The smallest absolute Gasteiger partial charge is 0.328 e. The number of anilines is 1. The predicted molar refractivity (Wildman–Crippen MR) is 230 cm³/mol. The van der Waals surface area contributed by atoms with E-state index in [1.807, 2.05) is 71.4 Å². The Morgan fingerprint density at radius 3 is 2.40 bits per heavy atom. The van der Waals surface area contributed by atoms with Gasteiger partial charge in [0, 0.05) is 41.4 Å². The average molecular weight is 827 g/mol. The van der Waals surface area contributed by atoms with Crippen molar-refractivity contribution < 1.29 is 28.9 Å². The number of carboxylic acid groups (broad SMARTS) is 1. The molecule has 0 unspecified atom stereocenters. The van der Waals surface area contributed by atoms with E-state index < -0.39 is 5.97 Å². The number of likely N-dealkylation sites (tertiary alicyclic amines) is 1. The molecule has 5 fully saturated rings. The van der Waals surface area contributed by atoms with Crippen LogP contribution in [0, 0.1) is 23.7 Å². The highest BCUT2D eigenvalue weighted by Crippen LogP contribution is 2.58. The lowest BCUT2D eigenvalue weighted by atomic mass is 9.54. The summed E-state index contributed by atoms with van der Waals surface area (Å²) >= 11 is 6.94. The van der Waals surface area contributed by atoms with Gasteiger partial charge in [0.1, 0.15) is 47.5 Å². The van der Waals surface area contributed by atoms with Gasteiger partial charge in [-0.1, -0.05) is 36.4 Å². The lowest BCUT2D eigenvalue weighted by Crippen LogP contribution is -2.42. The van der Waals surface area contributed by atoms with E-state index in [9.17, 15) is 14.7 Å². The van der Waals surface area contributed by atoms with E-state index in [0.29, 0.717) is 58.8 Å². The zero-order chi connectivity index (χ0) is 41.5. The summed E-state index contributed by atoms with van der Waals surface area (Å²) in [5, 5.41) is 15.5. The number of carboxylic acids is 1. The average Bonchev–Trinajstić information content (AvgIpc) is 3.65. The van der Waals surface area contributed by atoms with Gasteiger partial charge in [-0.15, -0.1) is 0 Å². The number of ether oxygens (including phenoxy) is 3. The molecule has 2 aromatic heterocycles. The van der Waals surface area contributed by atoms with E-state index in [4.69, 9.17) is 36.6 Å². The zero-order valence-electron chi connectivity index (χ0n) is 33.4. The van der Waals surface area contributed by atoms with Crippen LogP contribution in [0.4, 0.5) is 5.82 Å². The summed E-state index contributed by atoms with van der Waals surface area (Å²) in [5.41, 5.74) is 11.3. The molecule has 308 valence electrons. The summed E-state index contributed by atoms with van der Waals surface area (Å²) in [5.74, 6) is 4.01. The maximum absolute atomic E-state index is 14.0. The summed E-state index contributed by atoms with van der Waals surface area (Å²) in [6, 6.07) is 20.7. The number of hydrogen-bond donors (Lipinski definition) is 2.